The Morgan fingerprint density at radius 2 is 1.76 bits per heavy atom. The van der Waals surface area contributed by atoms with Crippen LogP contribution < -0.4 is 0 Å². The maximum Gasteiger partial charge on any atom is 0.335 e. The SMILES string of the molecule is CC(C)n1c(-c2ccc(C(=O)O)cc2)nc2ccccc21. The van der Waals surface area contributed by atoms with Crippen LogP contribution in [0, 0.1) is 0 Å². The van der Waals surface area contributed by atoms with Crippen molar-refractivity contribution in [3.63, 3.8) is 0 Å². The summed E-state index contributed by atoms with van der Waals surface area (Å²) in [6.07, 6.45) is 0. The van der Waals surface area contributed by atoms with E-state index in [2.05, 4.69) is 24.5 Å². The van der Waals surface area contributed by atoms with E-state index in [-0.39, 0.29) is 11.6 Å². The van der Waals surface area contributed by atoms with Gasteiger partial charge in [-0.2, -0.15) is 0 Å². The molecular formula is C17H16N2O2. The third kappa shape index (κ3) is 2.29. The molecule has 0 aliphatic carbocycles. The molecule has 0 fully saturated rings. The van der Waals surface area contributed by atoms with Crippen molar-refractivity contribution in [1.82, 2.24) is 9.55 Å². The molecule has 0 aliphatic heterocycles. The number of carbonyl (C=O) groups is 1. The van der Waals surface area contributed by atoms with Crippen molar-refractivity contribution in [3.8, 4) is 11.4 Å². The Morgan fingerprint density at radius 3 is 2.38 bits per heavy atom. The summed E-state index contributed by atoms with van der Waals surface area (Å²) in [4.78, 5) is 15.6. The Hall–Kier alpha value is -2.62. The van der Waals surface area contributed by atoms with Crippen molar-refractivity contribution in [2.45, 2.75) is 19.9 Å². The number of rotatable bonds is 3. The number of para-hydroxylation sites is 2. The van der Waals surface area contributed by atoms with Gasteiger partial charge in [0.05, 0.1) is 16.6 Å². The Kier molecular flexibility index (Phi) is 3.22. The van der Waals surface area contributed by atoms with Crippen LogP contribution in [0.2, 0.25) is 0 Å². The van der Waals surface area contributed by atoms with Gasteiger partial charge in [0.1, 0.15) is 5.82 Å². The highest BCUT2D eigenvalue weighted by atomic mass is 16.4. The molecule has 0 saturated carbocycles. The second-order valence-corrected chi connectivity index (χ2v) is 5.27. The molecule has 0 atom stereocenters. The summed E-state index contributed by atoms with van der Waals surface area (Å²) in [5.41, 5.74) is 3.24. The van der Waals surface area contributed by atoms with Crippen molar-refractivity contribution in [3.05, 3.63) is 54.1 Å². The lowest BCUT2D eigenvalue weighted by Crippen LogP contribution is -2.03. The van der Waals surface area contributed by atoms with Crippen LogP contribution in [0.1, 0.15) is 30.2 Å². The zero-order valence-corrected chi connectivity index (χ0v) is 11.9. The Morgan fingerprint density at radius 1 is 1.10 bits per heavy atom. The van der Waals surface area contributed by atoms with Crippen LogP contribution >= 0.6 is 0 Å². The molecule has 0 amide bonds. The van der Waals surface area contributed by atoms with E-state index in [4.69, 9.17) is 10.1 Å². The maximum absolute atomic E-state index is 10.9. The van der Waals surface area contributed by atoms with E-state index in [1.807, 2.05) is 30.3 Å². The topological polar surface area (TPSA) is 55.1 Å². The predicted octanol–water partition coefficient (Wildman–Crippen LogP) is 3.98. The lowest BCUT2D eigenvalue weighted by Gasteiger charge is -2.13. The molecule has 3 aromatic rings. The summed E-state index contributed by atoms with van der Waals surface area (Å²) in [6.45, 7) is 4.23. The largest absolute Gasteiger partial charge is 0.478 e. The highest BCUT2D eigenvalue weighted by Gasteiger charge is 2.14. The average molecular weight is 280 g/mol. The minimum atomic E-state index is -0.918. The van der Waals surface area contributed by atoms with Crippen LogP contribution in [-0.2, 0) is 0 Å². The first-order valence-corrected chi connectivity index (χ1v) is 6.88. The first kappa shape index (κ1) is 13.4. The maximum atomic E-state index is 10.9. The van der Waals surface area contributed by atoms with Gasteiger partial charge in [-0.15, -0.1) is 0 Å². The van der Waals surface area contributed by atoms with Crippen molar-refractivity contribution < 1.29 is 9.90 Å². The van der Waals surface area contributed by atoms with Crippen LogP contribution in [0.25, 0.3) is 22.4 Å². The quantitative estimate of drug-likeness (QED) is 0.789. The van der Waals surface area contributed by atoms with Crippen LogP contribution in [0.3, 0.4) is 0 Å². The van der Waals surface area contributed by atoms with Gasteiger partial charge in [-0.3, -0.25) is 0 Å². The Labute approximate surface area is 122 Å². The predicted molar refractivity (Wildman–Crippen MR) is 82.5 cm³/mol. The normalized spacial score (nSPS) is 11.2. The number of aromatic carboxylic acids is 1. The number of nitrogens with zero attached hydrogens (tertiary/aromatic N) is 2. The Balaban J connectivity index is 2.19. The average Bonchev–Trinajstić information content (AvgIpc) is 2.86. The number of fused-ring (bicyclic) bond motifs is 1. The van der Waals surface area contributed by atoms with Crippen molar-refractivity contribution in [2.24, 2.45) is 0 Å². The number of hydrogen-bond acceptors (Lipinski definition) is 2. The third-order valence-electron chi connectivity index (χ3n) is 3.50. The molecule has 0 spiro atoms. The van der Waals surface area contributed by atoms with E-state index in [1.54, 1.807) is 12.1 Å². The molecule has 1 N–H and O–H groups in total. The van der Waals surface area contributed by atoms with Gasteiger partial charge in [-0.05, 0) is 38.1 Å². The highest BCUT2D eigenvalue weighted by Crippen LogP contribution is 2.28. The summed E-state index contributed by atoms with van der Waals surface area (Å²) in [5.74, 6) is -0.0537. The van der Waals surface area contributed by atoms with Gasteiger partial charge >= 0.3 is 5.97 Å². The minimum Gasteiger partial charge on any atom is -0.478 e. The molecule has 4 nitrogen and oxygen atoms in total. The summed E-state index contributed by atoms with van der Waals surface area (Å²) in [7, 11) is 0. The molecule has 2 aromatic carbocycles. The van der Waals surface area contributed by atoms with Gasteiger partial charge in [-0.1, -0.05) is 24.3 Å². The second-order valence-electron chi connectivity index (χ2n) is 5.27. The molecule has 0 radical (unpaired) electrons. The minimum absolute atomic E-state index is 0.270. The molecule has 0 saturated heterocycles. The van der Waals surface area contributed by atoms with Gasteiger partial charge in [0.15, 0.2) is 0 Å². The van der Waals surface area contributed by atoms with Crippen molar-refractivity contribution in [2.75, 3.05) is 0 Å². The number of aromatic nitrogens is 2. The summed E-state index contributed by atoms with van der Waals surface area (Å²) in [5, 5.41) is 8.98. The number of hydrogen-bond donors (Lipinski definition) is 1. The molecule has 1 aromatic heterocycles. The van der Waals surface area contributed by atoms with Gasteiger partial charge in [0.2, 0.25) is 0 Å². The van der Waals surface area contributed by atoms with Crippen LogP contribution in [0.15, 0.2) is 48.5 Å². The number of carboxylic acid groups (broad SMARTS) is 1. The zero-order chi connectivity index (χ0) is 15.0. The first-order chi connectivity index (χ1) is 10.1. The van der Waals surface area contributed by atoms with Gasteiger partial charge < -0.3 is 9.67 Å². The van der Waals surface area contributed by atoms with E-state index >= 15 is 0 Å². The highest BCUT2D eigenvalue weighted by molar-refractivity contribution is 5.88. The fraction of sp³-hybridized carbons (Fsp3) is 0.176. The lowest BCUT2D eigenvalue weighted by molar-refractivity contribution is 0.0697. The molecule has 0 unspecified atom stereocenters. The molecule has 0 bridgehead atoms. The van der Waals surface area contributed by atoms with Crippen LogP contribution in [0.4, 0.5) is 0 Å². The monoisotopic (exact) mass is 280 g/mol. The summed E-state index contributed by atoms with van der Waals surface area (Å²) < 4.78 is 2.17. The third-order valence-corrected chi connectivity index (χ3v) is 3.50. The van der Waals surface area contributed by atoms with Crippen LogP contribution in [-0.4, -0.2) is 20.6 Å². The van der Waals surface area contributed by atoms with E-state index in [1.165, 1.54) is 0 Å². The summed E-state index contributed by atoms with van der Waals surface area (Å²) in [6, 6.07) is 15.1. The van der Waals surface area contributed by atoms with E-state index in [0.717, 1.165) is 22.4 Å². The lowest BCUT2D eigenvalue weighted by atomic mass is 10.1. The molecular weight excluding hydrogens is 264 g/mol. The Bertz CT molecular complexity index is 801. The molecule has 3 rings (SSSR count). The molecule has 21 heavy (non-hydrogen) atoms. The van der Waals surface area contributed by atoms with E-state index in [0.29, 0.717) is 0 Å². The number of carboxylic acids is 1. The number of imidazole rings is 1. The van der Waals surface area contributed by atoms with E-state index < -0.39 is 5.97 Å². The fourth-order valence-electron chi connectivity index (χ4n) is 2.53. The van der Waals surface area contributed by atoms with E-state index in [9.17, 15) is 4.79 Å². The summed E-state index contributed by atoms with van der Waals surface area (Å²) >= 11 is 0. The van der Waals surface area contributed by atoms with Crippen LogP contribution in [0.5, 0.6) is 0 Å². The molecule has 0 aliphatic rings. The van der Waals surface area contributed by atoms with Crippen molar-refractivity contribution >= 4 is 17.0 Å². The number of benzene rings is 2. The molecule has 4 heteroatoms. The smallest absolute Gasteiger partial charge is 0.335 e. The molecule has 106 valence electrons. The zero-order valence-electron chi connectivity index (χ0n) is 11.9. The van der Waals surface area contributed by atoms with Gasteiger partial charge in [0, 0.05) is 11.6 Å². The standard InChI is InChI=1S/C17H16N2O2/c1-11(2)19-15-6-4-3-5-14(15)18-16(19)12-7-9-13(10-8-12)17(20)21/h3-11H,1-2H3,(H,20,21). The van der Waals surface area contributed by atoms with Gasteiger partial charge in [-0.25, -0.2) is 9.78 Å². The first-order valence-electron chi connectivity index (χ1n) is 6.88. The fourth-order valence-corrected chi connectivity index (χ4v) is 2.53. The van der Waals surface area contributed by atoms with Crippen molar-refractivity contribution in [1.29, 1.82) is 0 Å². The molecule has 1 heterocycles. The van der Waals surface area contributed by atoms with Gasteiger partial charge in [0.25, 0.3) is 0 Å². The second kappa shape index (κ2) is 5.05.